The molecule has 0 aromatic heterocycles. The quantitative estimate of drug-likeness (QED) is 0.346. The topological polar surface area (TPSA) is 9.23 Å². The summed E-state index contributed by atoms with van der Waals surface area (Å²) in [7, 11) is -1.27. The summed E-state index contributed by atoms with van der Waals surface area (Å²) in [6.45, 7) is 9.22. The molecule has 0 heterocycles. The van der Waals surface area contributed by atoms with E-state index < -0.39 is 8.32 Å². The van der Waals surface area contributed by atoms with E-state index in [1.54, 1.807) is 0 Å². The Labute approximate surface area is 64.9 Å². The zero-order valence-corrected chi connectivity index (χ0v) is 8.32. The Morgan fingerprint density at radius 1 is 1.30 bits per heavy atom. The largest absolute Gasteiger partial charge is 0.417 e. The van der Waals surface area contributed by atoms with Crippen molar-refractivity contribution in [1.82, 2.24) is 0 Å². The zero-order valence-electron chi connectivity index (χ0n) is 7.32. The van der Waals surface area contributed by atoms with Gasteiger partial charge in [0, 0.05) is 13.0 Å². The van der Waals surface area contributed by atoms with Gasteiger partial charge in [-0.15, -0.1) is 11.8 Å². The summed E-state index contributed by atoms with van der Waals surface area (Å²) in [6, 6.07) is 0. The van der Waals surface area contributed by atoms with Gasteiger partial charge in [-0.1, -0.05) is 0 Å². The van der Waals surface area contributed by atoms with Crippen molar-refractivity contribution in [3.63, 3.8) is 0 Å². The molecule has 0 aromatic carbocycles. The third kappa shape index (κ3) is 7.74. The van der Waals surface area contributed by atoms with Crippen LogP contribution in [0.2, 0.25) is 19.6 Å². The Bertz CT molecular complexity index is 136. The summed E-state index contributed by atoms with van der Waals surface area (Å²) in [5, 5.41) is 0. The lowest BCUT2D eigenvalue weighted by atomic mass is 10.5. The van der Waals surface area contributed by atoms with E-state index in [0.717, 1.165) is 13.0 Å². The SMILES string of the molecule is CC#CCCO[Si](C)(C)C. The number of hydrogen-bond donors (Lipinski definition) is 0. The van der Waals surface area contributed by atoms with Gasteiger partial charge in [-0.3, -0.25) is 0 Å². The van der Waals surface area contributed by atoms with Gasteiger partial charge in [0.05, 0.1) is 0 Å². The molecule has 58 valence electrons. The van der Waals surface area contributed by atoms with Gasteiger partial charge in [-0.2, -0.15) is 0 Å². The molecule has 0 saturated heterocycles. The molecule has 0 spiro atoms. The van der Waals surface area contributed by atoms with Crippen LogP contribution in [0.3, 0.4) is 0 Å². The minimum atomic E-state index is -1.27. The van der Waals surface area contributed by atoms with Crippen LogP contribution in [0.4, 0.5) is 0 Å². The van der Waals surface area contributed by atoms with E-state index in [0.29, 0.717) is 0 Å². The molecule has 0 bridgehead atoms. The van der Waals surface area contributed by atoms with E-state index in [2.05, 4.69) is 31.5 Å². The maximum atomic E-state index is 5.57. The van der Waals surface area contributed by atoms with Crippen molar-refractivity contribution >= 4 is 8.32 Å². The van der Waals surface area contributed by atoms with Gasteiger partial charge in [-0.05, 0) is 26.6 Å². The fourth-order valence-electron chi connectivity index (χ4n) is 0.533. The highest BCUT2D eigenvalue weighted by atomic mass is 28.4. The third-order valence-electron chi connectivity index (χ3n) is 0.939. The Hall–Kier alpha value is -0.263. The molecule has 0 aliphatic carbocycles. The molecule has 0 unspecified atom stereocenters. The van der Waals surface area contributed by atoms with E-state index in [1.165, 1.54) is 0 Å². The van der Waals surface area contributed by atoms with Gasteiger partial charge in [0.15, 0.2) is 8.32 Å². The average Bonchev–Trinajstić information content (AvgIpc) is 1.78. The van der Waals surface area contributed by atoms with Crippen molar-refractivity contribution in [3.05, 3.63) is 0 Å². The maximum absolute atomic E-state index is 5.57. The minimum Gasteiger partial charge on any atom is -0.417 e. The van der Waals surface area contributed by atoms with E-state index in [4.69, 9.17) is 4.43 Å². The average molecular weight is 156 g/mol. The van der Waals surface area contributed by atoms with E-state index in [9.17, 15) is 0 Å². The van der Waals surface area contributed by atoms with E-state index >= 15 is 0 Å². The molecule has 0 N–H and O–H groups in total. The first-order valence-corrected chi connectivity index (χ1v) is 7.00. The van der Waals surface area contributed by atoms with Gasteiger partial charge < -0.3 is 4.43 Å². The third-order valence-corrected chi connectivity index (χ3v) is 2.01. The molecular weight excluding hydrogens is 140 g/mol. The highest BCUT2D eigenvalue weighted by Gasteiger charge is 2.12. The van der Waals surface area contributed by atoms with Crippen LogP contribution in [0, 0.1) is 11.8 Å². The van der Waals surface area contributed by atoms with Crippen LogP contribution in [0.5, 0.6) is 0 Å². The fourth-order valence-corrected chi connectivity index (χ4v) is 1.25. The molecule has 1 nitrogen and oxygen atoms in total. The normalized spacial score (nSPS) is 10.4. The molecule has 0 aromatic rings. The second-order valence-corrected chi connectivity index (χ2v) is 7.65. The van der Waals surface area contributed by atoms with Crippen LogP contribution in [0.25, 0.3) is 0 Å². The fraction of sp³-hybridized carbons (Fsp3) is 0.750. The lowest BCUT2D eigenvalue weighted by Crippen LogP contribution is -2.25. The summed E-state index contributed by atoms with van der Waals surface area (Å²) in [4.78, 5) is 0. The van der Waals surface area contributed by atoms with Crippen LogP contribution in [0.15, 0.2) is 0 Å². The molecular formula is C8H16OSi. The van der Waals surface area contributed by atoms with Gasteiger partial charge >= 0.3 is 0 Å². The molecule has 0 rings (SSSR count). The van der Waals surface area contributed by atoms with Crippen LogP contribution >= 0.6 is 0 Å². The number of hydrogen-bond acceptors (Lipinski definition) is 1. The first kappa shape index (κ1) is 9.74. The number of rotatable bonds is 3. The summed E-state index contributed by atoms with van der Waals surface area (Å²) < 4.78 is 5.57. The molecule has 2 heteroatoms. The second kappa shape index (κ2) is 4.54. The summed E-state index contributed by atoms with van der Waals surface area (Å²) >= 11 is 0. The highest BCUT2D eigenvalue weighted by Crippen LogP contribution is 2.01. The van der Waals surface area contributed by atoms with Gasteiger partial charge in [-0.25, -0.2) is 0 Å². The summed E-state index contributed by atoms with van der Waals surface area (Å²) in [6.07, 6.45) is 0.876. The van der Waals surface area contributed by atoms with E-state index in [1.807, 2.05) is 6.92 Å². The standard InChI is InChI=1S/C8H16OSi/c1-5-6-7-8-9-10(2,3)4/h7-8H2,1-4H3. The lowest BCUT2D eigenvalue weighted by molar-refractivity contribution is 0.321. The monoisotopic (exact) mass is 156 g/mol. The summed E-state index contributed by atoms with van der Waals surface area (Å²) in [5.41, 5.74) is 0. The molecule has 0 amide bonds. The predicted molar refractivity (Wildman–Crippen MR) is 47.4 cm³/mol. The Morgan fingerprint density at radius 2 is 1.90 bits per heavy atom. The van der Waals surface area contributed by atoms with Crippen molar-refractivity contribution < 1.29 is 4.43 Å². The molecule has 0 aliphatic rings. The van der Waals surface area contributed by atoms with Crippen LogP contribution in [0.1, 0.15) is 13.3 Å². The van der Waals surface area contributed by atoms with E-state index in [-0.39, 0.29) is 0 Å². The minimum absolute atomic E-state index is 0.802. The Morgan fingerprint density at radius 3 is 2.30 bits per heavy atom. The van der Waals surface area contributed by atoms with Crippen molar-refractivity contribution in [3.8, 4) is 11.8 Å². The van der Waals surface area contributed by atoms with Crippen LogP contribution in [-0.4, -0.2) is 14.9 Å². The predicted octanol–water partition coefficient (Wildman–Crippen LogP) is 2.25. The van der Waals surface area contributed by atoms with Crippen molar-refractivity contribution in [1.29, 1.82) is 0 Å². The molecule has 0 fully saturated rings. The zero-order chi connectivity index (χ0) is 8.04. The van der Waals surface area contributed by atoms with Crippen molar-refractivity contribution in [2.24, 2.45) is 0 Å². The highest BCUT2D eigenvalue weighted by molar-refractivity contribution is 6.69. The van der Waals surface area contributed by atoms with Gasteiger partial charge in [0.25, 0.3) is 0 Å². The first-order valence-electron chi connectivity index (χ1n) is 3.60. The van der Waals surface area contributed by atoms with Crippen LogP contribution < -0.4 is 0 Å². The van der Waals surface area contributed by atoms with Crippen LogP contribution in [-0.2, 0) is 4.43 Å². The van der Waals surface area contributed by atoms with Gasteiger partial charge in [0.2, 0.25) is 0 Å². The molecule has 0 atom stereocenters. The second-order valence-electron chi connectivity index (χ2n) is 3.14. The molecule has 0 radical (unpaired) electrons. The Kier molecular flexibility index (Phi) is 4.42. The maximum Gasteiger partial charge on any atom is 0.183 e. The van der Waals surface area contributed by atoms with Crippen molar-refractivity contribution in [2.75, 3.05) is 6.61 Å². The van der Waals surface area contributed by atoms with Crippen molar-refractivity contribution in [2.45, 2.75) is 33.0 Å². The summed E-state index contributed by atoms with van der Waals surface area (Å²) in [5.74, 6) is 5.81. The molecule has 0 saturated carbocycles. The van der Waals surface area contributed by atoms with Gasteiger partial charge in [0.1, 0.15) is 0 Å². The first-order chi connectivity index (χ1) is 4.56. The lowest BCUT2D eigenvalue weighted by Gasteiger charge is -2.15. The molecule has 10 heavy (non-hydrogen) atoms. The smallest absolute Gasteiger partial charge is 0.183 e. The molecule has 0 aliphatic heterocycles. The Balaban J connectivity index is 3.26.